The summed E-state index contributed by atoms with van der Waals surface area (Å²) in [7, 11) is 0. The second-order valence-electron chi connectivity index (χ2n) is 5.90. The van der Waals surface area contributed by atoms with Gasteiger partial charge in [0.2, 0.25) is 0 Å². The van der Waals surface area contributed by atoms with Crippen molar-refractivity contribution in [3.8, 4) is 0 Å². The maximum atomic E-state index is 6.23. The Kier molecular flexibility index (Phi) is 2.52. The van der Waals surface area contributed by atoms with Crippen LogP contribution in [-0.4, -0.2) is 18.9 Å². The molecule has 2 saturated carbocycles. The average Bonchev–Trinajstić information content (AvgIpc) is 2.74. The first-order chi connectivity index (χ1) is 7.33. The van der Waals surface area contributed by atoms with E-state index in [9.17, 15) is 0 Å². The molecule has 0 amide bonds. The SMILES string of the molecule is C1CCC2(CC1)NCC1(CCCC1)CO2. The zero-order chi connectivity index (χ0) is 10.2. The van der Waals surface area contributed by atoms with Gasteiger partial charge in [0.15, 0.2) is 0 Å². The van der Waals surface area contributed by atoms with Crippen molar-refractivity contribution in [1.82, 2.24) is 5.32 Å². The summed E-state index contributed by atoms with van der Waals surface area (Å²) < 4.78 is 6.23. The lowest BCUT2D eigenvalue weighted by atomic mass is 9.82. The van der Waals surface area contributed by atoms with E-state index in [1.165, 1.54) is 64.3 Å². The fraction of sp³-hybridized carbons (Fsp3) is 1.00. The number of rotatable bonds is 0. The Morgan fingerprint density at radius 1 is 0.800 bits per heavy atom. The maximum absolute atomic E-state index is 6.23. The van der Waals surface area contributed by atoms with Gasteiger partial charge < -0.3 is 4.74 Å². The quantitative estimate of drug-likeness (QED) is 0.662. The molecule has 2 nitrogen and oxygen atoms in total. The summed E-state index contributed by atoms with van der Waals surface area (Å²) in [4.78, 5) is 0. The van der Waals surface area contributed by atoms with E-state index in [0.717, 1.165) is 6.61 Å². The third-order valence-electron chi connectivity index (χ3n) is 4.77. The van der Waals surface area contributed by atoms with Gasteiger partial charge in [-0.05, 0) is 38.5 Å². The standard InChI is InChI=1S/C13H23NO/c1-2-8-13(9-3-1)14-10-12(11-15-13)6-4-5-7-12/h14H,1-11H2. The Hall–Kier alpha value is -0.0800. The minimum Gasteiger partial charge on any atom is -0.360 e. The largest absolute Gasteiger partial charge is 0.360 e. The summed E-state index contributed by atoms with van der Waals surface area (Å²) in [5, 5.41) is 3.74. The molecule has 0 bridgehead atoms. The van der Waals surface area contributed by atoms with Gasteiger partial charge in [-0.3, -0.25) is 5.32 Å². The summed E-state index contributed by atoms with van der Waals surface area (Å²) in [6.45, 7) is 2.24. The molecule has 3 fully saturated rings. The van der Waals surface area contributed by atoms with Gasteiger partial charge in [-0.25, -0.2) is 0 Å². The highest BCUT2D eigenvalue weighted by molar-refractivity contribution is 4.95. The van der Waals surface area contributed by atoms with Gasteiger partial charge in [0.05, 0.1) is 6.61 Å². The van der Waals surface area contributed by atoms with Crippen molar-refractivity contribution in [3.63, 3.8) is 0 Å². The molecule has 1 saturated heterocycles. The highest BCUT2D eigenvalue weighted by Gasteiger charge is 2.44. The predicted octanol–water partition coefficient (Wildman–Crippen LogP) is 2.83. The van der Waals surface area contributed by atoms with E-state index in [1.807, 2.05) is 0 Å². The zero-order valence-electron chi connectivity index (χ0n) is 9.69. The Balaban J connectivity index is 1.63. The molecule has 0 radical (unpaired) electrons. The molecule has 1 heterocycles. The normalized spacial score (nSPS) is 33.6. The molecule has 2 spiro atoms. The van der Waals surface area contributed by atoms with E-state index in [2.05, 4.69) is 5.32 Å². The van der Waals surface area contributed by atoms with Crippen LogP contribution in [0, 0.1) is 5.41 Å². The van der Waals surface area contributed by atoms with Crippen LogP contribution < -0.4 is 5.32 Å². The second-order valence-corrected chi connectivity index (χ2v) is 5.90. The molecule has 0 aromatic heterocycles. The molecule has 2 aliphatic carbocycles. The molecule has 1 aliphatic heterocycles. The third-order valence-corrected chi connectivity index (χ3v) is 4.77. The highest BCUT2D eigenvalue weighted by atomic mass is 16.5. The summed E-state index contributed by atoms with van der Waals surface area (Å²) in [6.07, 6.45) is 12.2. The second kappa shape index (κ2) is 3.74. The van der Waals surface area contributed by atoms with Crippen molar-refractivity contribution in [2.24, 2.45) is 5.41 Å². The Morgan fingerprint density at radius 3 is 2.07 bits per heavy atom. The number of hydrogen-bond acceptors (Lipinski definition) is 2. The molecule has 2 heteroatoms. The predicted molar refractivity (Wildman–Crippen MR) is 60.7 cm³/mol. The van der Waals surface area contributed by atoms with Crippen LogP contribution in [0.1, 0.15) is 57.8 Å². The fourth-order valence-electron chi connectivity index (χ4n) is 3.63. The van der Waals surface area contributed by atoms with Crippen LogP contribution >= 0.6 is 0 Å². The van der Waals surface area contributed by atoms with Crippen molar-refractivity contribution in [1.29, 1.82) is 0 Å². The topological polar surface area (TPSA) is 21.3 Å². The first kappa shape index (κ1) is 10.1. The third kappa shape index (κ3) is 1.83. The van der Waals surface area contributed by atoms with Crippen molar-refractivity contribution >= 4 is 0 Å². The molecule has 3 rings (SSSR count). The molecule has 0 unspecified atom stereocenters. The number of nitrogens with one attached hydrogen (secondary N) is 1. The van der Waals surface area contributed by atoms with Gasteiger partial charge in [-0.1, -0.05) is 19.3 Å². The van der Waals surface area contributed by atoms with Crippen molar-refractivity contribution in [3.05, 3.63) is 0 Å². The molecule has 1 N–H and O–H groups in total. The monoisotopic (exact) mass is 209 g/mol. The summed E-state index contributed by atoms with van der Waals surface area (Å²) in [5.74, 6) is 0. The highest BCUT2D eigenvalue weighted by Crippen LogP contribution is 2.43. The number of ether oxygens (including phenoxy) is 1. The van der Waals surface area contributed by atoms with E-state index in [0.29, 0.717) is 5.41 Å². The van der Waals surface area contributed by atoms with Crippen LogP contribution in [-0.2, 0) is 4.74 Å². The molecule has 86 valence electrons. The molecule has 0 aromatic rings. The molecule has 0 aromatic carbocycles. The molecule has 0 atom stereocenters. The summed E-state index contributed by atoms with van der Waals surface area (Å²) >= 11 is 0. The van der Waals surface area contributed by atoms with Crippen LogP contribution in [0.15, 0.2) is 0 Å². The lowest BCUT2D eigenvalue weighted by Crippen LogP contribution is -2.59. The van der Waals surface area contributed by atoms with Crippen LogP contribution in [0.3, 0.4) is 0 Å². The van der Waals surface area contributed by atoms with Crippen LogP contribution in [0.2, 0.25) is 0 Å². The maximum Gasteiger partial charge on any atom is 0.119 e. The average molecular weight is 209 g/mol. The minimum atomic E-state index is 0.0894. The minimum absolute atomic E-state index is 0.0894. The van der Waals surface area contributed by atoms with Gasteiger partial charge in [-0.2, -0.15) is 0 Å². The zero-order valence-corrected chi connectivity index (χ0v) is 9.69. The van der Waals surface area contributed by atoms with Gasteiger partial charge in [0.25, 0.3) is 0 Å². The van der Waals surface area contributed by atoms with Gasteiger partial charge in [-0.15, -0.1) is 0 Å². The van der Waals surface area contributed by atoms with Crippen molar-refractivity contribution in [2.75, 3.05) is 13.2 Å². The Bertz CT molecular complexity index is 215. The summed E-state index contributed by atoms with van der Waals surface area (Å²) in [5.41, 5.74) is 0.606. The first-order valence-corrected chi connectivity index (χ1v) is 6.72. The van der Waals surface area contributed by atoms with Gasteiger partial charge in [0.1, 0.15) is 5.72 Å². The number of hydrogen-bond donors (Lipinski definition) is 1. The molecular weight excluding hydrogens is 186 g/mol. The van der Waals surface area contributed by atoms with Gasteiger partial charge >= 0.3 is 0 Å². The molecule has 15 heavy (non-hydrogen) atoms. The lowest BCUT2D eigenvalue weighted by molar-refractivity contribution is -0.159. The van der Waals surface area contributed by atoms with Crippen molar-refractivity contribution < 1.29 is 4.74 Å². The smallest absolute Gasteiger partial charge is 0.119 e. The van der Waals surface area contributed by atoms with E-state index >= 15 is 0 Å². The van der Waals surface area contributed by atoms with Crippen LogP contribution in [0.5, 0.6) is 0 Å². The Labute approximate surface area is 92.8 Å². The van der Waals surface area contributed by atoms with E-state index in [1.54, 1.807) is 0 Å². The Morgan fingerprint density at radius 2 is 1.47 bits per heavy atom. The van der Waals surface area contributed by atoms with E-state index in [4.69, 9.17) is 4.74 Å². The van der Waals surface area contributed by atoms with E-state index in [-0.39, 0.29) is 5.72 Å². The lowest BCUT2D eigenvalue weighted by Gasteiger charge is -2.47. The van der Waals surface area contributed by atoms with Crippen LogP contribution in [0.25, 0.3) is 0 Å². The van der Waals surface area contributed by atoms with Crippen LogP contribution in [0.4, 0.5) is 0 Å². The molecule has 3 aliphatic rings. The van der Waals surface area contributed by atoms with E-state index < -0.39 is 0 Å². The first-order valence-electron chi connectivity index (χ1n) is 6.72. The van der Waals surface area contributed by atoms with Crippen molar-refractivity contribution in [2.45, 2.75) is 63.5 Å². The van der Waals surface area contributed by atoms with Gasteiger partial charge in [0, 0.05) is 12.0 Å². The fourth-order valence-corrected chi connectivity index (χ4v) is 3.63. The molecular formula is C13H23NO. The summed E-state index contributed by atoms with van der Waals surface area (Å²) in [6, 6.07) is 0.